The topological polar surface area (TPSA) is 49.6 Å². The average Bonchev–Trinajstić information content (AvgIpc) is 2.88. The number of likely N-dealkylation sites (tertiary alicyclic amines) is 2. The average molecular weight is 253 g/mol. The second-order valence-electron chi connectivity index (χ2n) is 5.96. The van der Waals surface area contributed by atoms with Gasteiger partial charge in [0.2, 0.25) is 5.91 Å². The van der Waals surface area contributed by atoms with E-state index in [0.717, 1.165) is 32.6 Å². The van der Waals surface area contributed by atoms with Crippen molar-refractivity contribution in [3.8, 4) is 0 Å². The van der Waals surface area contributed by atoms with Gasteiger partial charge in [-0.15, -0.1) is 0 Å². The molecule has 0 aliphatic carbocycles. The monoisotopic (exact) mass is 253 g/mol. The number of hydrogen-bond donors (Lipinski definition) is 1. The van der Waals surface area contributed by atoms with Crippen LogP contribution in [-0.2, 0) is 4.79 Å². The predicted octanol–water partition coefficient (Wildman–Crippen LogP) is 1.06. The highest BCUT2D eigenvalue weighted by atomic mass is 16.2. The number of nitrogens with two attached hydrogens (primary N) is 1. The van der Waals surface area contributed by atoms with Gasteiger partial charge in [-0.2, -0.15) is 0 Å². The maximum atomic E-state index is 12.4. The first-order valence-electron chi connectivity index (χ1n) is 7.38. The van der Waals surface area contributed by atoms with Crippen molar-refractivity contribution in [2.75, 3.05) is 26.2 Å². The van der Waals surface area contributed by atoms with Crippen molar-refractivity contribution in [1.29, 1.82) is 0 Å². The summed E-state index contributed by atoms with van der Waals surface area (Å²) < 4.78 is 0. The minimum absolute atomic E-state index is 0.0341. The van der Waals surface area contributed by atoms with Crippen LogP contribution in [0, 0.1) is 5.92 Å². The van der Waals surface area contributed by atoms with Crippen LogP contribution < -0.4 is 5.73 Å². The molecule has 18 heavy (non-hydrogen) atoms. The highest BCUT2D eigenvalue weighted by Crippen LogP contribution is 2.22. The zero-order valence-electron chi connectivity index (χ0n) is 11.8. The molecule has 4 heteroatoms. The molecular weight excluding hydrogens is 226 g/mol. The van der Waals surface area contributed by atoms with E-state index in [1.807, 2.05) is 4.90 Å². The van der Waals surface area contributed by atoms with E-state index >= 15 is 0 Å². The third-order valence-corrected chi connectivity index (χ3v) is 4.57. The molecule has 2 aliphatic rings. The van der Waals surface area contributed by atoms with Gasteiger partial charge in [0.05, 0.1) is 6.04 Å². The lowest BCUT2D eigenvalue weighted by molar-refractivity contribution is -0.137. The third-order valence-electron chi connectivity index (χ3n) is 4.57. The lowest BCUT2D eigenvalue weighted by Crippen LogP contribution is -2.48. The van der Waals surface area contributed by atoms with Crippen molar-refractivity contribution in [3.05, 3.63) is 0 Å². The van der Waals surface area contributed by atoms with Crippen LogP contribution in [0.5, 0.6) is 0 Å². The van der Waals surface area contributed by atoms with E-state index in [9.17, 15) is 4.79 Å². The van der Waals surface area contributed by atoms with Crippen LogP contribution in [-0.4, -0.2) is 54.0 Å². The summed E-state index contributed by atoms with van der Waals surface area (Å²) in [5.41, 5.74) is 5.96. The number of carbonyl (C=O) groups excluding carboxylic acids is 1. The maximum Gasteiger partial charge on any atom is 0.239 e. The Morgan fingerprint density at radius 3 is 2.39 bits per heavy atom. The molecule has 3 atom stereocenters. The molecule has 0 radical (unpaired) electrons. The fraction of sp³-hybridized carbons (Fsp3) is 0.929. The highest BCUT2D eigenvalue weighted by Gasteiger charge is 2.33. The van der Waals surface area contributed by atoms with Crippen LogP contribution in [0.25, 0.3) is 0 Å². The molecule has 4 nitrogen and oxygen atoms in total. The van der Waals surface area contributed by atoms with Crippen LogP contribution in [0.3, 0.4) is 0 Å². The van der Waals surface area contributed by atoms with E-state index in [1.165, 1.54) is 19.3 Å². The quantitative estimate of drug-likeness (QED) is 0.818. The smallest absolute Gasteiger partial charge is 0.239 e. The molecule has 2 fully saturated rings. The highest BCUT2D eigenvalue weighted by molar-refractivity contribution is 5.81. The number of piperidine rings is 1. The summed E-state index contributed by atoms with van der Waals surface area (Å²) >= 11 is 0. The molecule has 2 aliphatic heterocycles. The Hall–Kier alpha value is -0.610. The SMILES string of the molecule is CC(N)C1CCN(C(C)C(=O)N2CCCCC2)C1. The summed E-state index contributed by atoms with van der Waals surface area (Å²) in [5.74, 6) is 0.877. The van der Waals surface area contributed by atoms with E-state index in [1.54, 1.807) is 0 Å². The zero-order valence-corrected chi connectivity index (χ0v) is 11.8. The first kappa shape index (κ1) is 13.8. The lowest BCUT2D eigenvalue weighted by Gasteiger charge is -2.32. The van der Waals surface area contributed by atoms with Crippen molar-refractivity contribution < 1.29 is 4.79 Å². The number of amides is 1. The molecule has 2 rings (SSSR count). The zero-order chi connectivity index (χ0) is 13.1. The first-order valence-corrected chi connectivity index (χ1v) is 7.38. The van der Waals surface area contributed by atoms with Gasteiger partial charge in [-0.1, -0.05) is 0 Å². The number of nitrogens with zero attached hydrogens (tertiary/aromatic N) is 2. The molecule has 0 spiro atoms. The second kappa shape index (κ2) is 6.02. The van der Waals surface area contributed by atoms with Crippen LogP contribution >= 0.6 is 0 Å². The van der Waals surface area contributed by atoms with Gasteiger partial charge in [0.15, 0.2) is 0 Å². The first-order chi connectivity index (χ1) is 8.59. The molecule has 0 aromatic carbocycles. The normalized spacial score (nSPS) is 29.3. The van der Waals surface area contributed by atoms with Crippen LogP contribution in [0.1, 0.15) is 39.5 Å². The van der Waals surface area contributed by atoms with E-state index in [-0.39, 0.29) is 12.1 Å². The molecule has 1 amide bonds. The van der Waals surface area contributed by atoms with Gasteiger partial charge < -0.3 is 10.6 Å². The van der Waals surface area contributed by atoms with Gasteiger partial charge in [-0.25, -0.2) is 0 Å². The summed E-state index contributed by atoms with van der Waals surface area (Å²) in [6.07, 6.45) is 4.74. The predicted molar refractivity (Wildman–Crippen MR) is 73.2 cm³/mol. The van der Waals surface area contributed by atoms with E-state index < -0.39 is 0 Å². The van der Waals surface area contributed by atoms with E-state index in [4.69, 9.17) is 5.73 Å². The van der Waals surface area contributed by atoms with E-state index in [2.05, 4.69) is 18.7 Å². The lowest BCUT2D eigenvalue weighted by atomic mass is 10.0. The van der Waals surface area contributed by atoms with Crippen molar-refractivity contribution in [2.24, 2.45) is 11.7 Å². The largest absolute Gasteiger partial charge is 0.341 e. The summed E-state index contributed by atoms with van der Waals surface area (Å²) in [6.45, 7) is 8.04. The molecule has 0 saturated carbocycles. The van der Waals surface area contributed by atoms with Crippen molar-refractivity contribution in [3.63, 3.8) is 0 Å². The van der Waals surface area contributed by atoms with Crippen LogP contribution in [0.2, 0.25) is 0 Å². The van der Waals surface area contributed by atoms with Crippen molar-refractivity contribution >= 4 is 5.91 Å². The van der Waals surface area contributed by atoms with Crippen LogP contribution in [0.15, 0.2) is 0 Å². The van der Waals surface area contributed by atoms with Crippen molar-refractivity contribution in [1.82, 2.24) is 9.80 Å². The van der Waals surface area contributed by atoms with Crippen molar-refractivity contribution in [2.45, 2.75) is 51.6 Å². The van der Waals surface area contributed by atoms with Gasteiger partial charge in [0.25, 0.3) is 0 Å². The van der Waals surface area contributed by atoms with Gasteiger partial charge >= 0.3 is 0 Å². The number of carbonyl (C=O) groups is 1. The third kappa shape index (κ3) is 3.04. The summed E-state index contributed by atoms with van der Waals surface area (Å²) in [4.78, 5) is 16.8. The Bertz CT molecular complexity index is 287. The summed E-state index contributed by atoms with van der Waals surface area (Å²) in [5, 5.41) is 0. The van der Waals surface area contributed by atoms with Gasteiger partial charge in [-0.05, 0) is 52.0 Å². The Balaban J connectivity index is 1.87. The molecule has 3 unspecified atom stereocenters. The molecular formula is C14H27N3O. The Labute approximate surface area is 110 Å². The molecule has 2 N–H and O–H groups in total. The second-order valence-corrected chi connectivity index (χ2v) is 5.96. The molecule has 2 heterocycles. The van der Waals surface area contributed by atoms with Gasteiger partial charge in [0, 0.05) is 25.7 Å². The molecule has 0 bridgehead atoms. The minimum atomic E-state index is 0.0341. The number of hydrogen-bond acceptors (Lipinski definition) is 3. The fourth-order valence-electron chi connectivity index (χ4n) is 3.13. The summed E-state index contributed by atoms with van der Waals surface area (Å²) in [6, 6.07) is 0.277. The van der Waals surface area contributed by atoms with Crippen LogP contribution in [0.4, 0.5) is 0 Å². The Morgan fingerprint density at radius 2 is 1.83 bits per heavy atom. The fourth-order valence-corrected chi connectivity index (χ4v) is 3.13. The molecule has 2 saturated heterocycles. The Morgan fingerprint density at radius 1 is 1.17 bits per heavy atom. The molecule has 0 aromatic rings. The molecule has 104 valence electrons. The standard InChI is InChI=1S/C14H27N3O/c1-11(15)13-6-9-17(10-13)12(2)14(18)16-7-4-3-5-8-16/h11-13H,3-10,15H2,1-2H3. The number of rotatable bonds is 3. The van der Waals surface area contributed by atoms with Gasteiger partial charge in [-0.3, -0.25) is 9.69 Å². The minimum Gasteiger partial charge on any atom is -0.341 e. The Kier molecular flexibility index (Phi) is 4.62. The van der Waals surface area contributed by atoms with Gasteiger partial charge in [0.1, 0.15) is 0 Å². The molecule has 0 aromatic heterocycles. The summed E-state index contributed by atoms with van der Waals surface area (Å²) in [7, 11) is 0. The maximum absolute atomic E-state index is 12.4. The van der Waals surface area contributed by atoms with E-state index in [0.29, 0.717) is 11.8 Å².